The van der Waals surface area contributed by atoms with E-state index in [4.69, 9.17) is 0 Å². The third-order valence-electron chi connectivity index (χ3n) is 9.78. The molecule has 0 atom stereocenters. The fourth-order valence-corrected chi connectivity index (χ4v) is 13.8. The van der Waals surface area contributed by atoms with Crippen LogP contribution >= 0.6 is 0 Å². The Bertz CT molecular complexity index is 1650. The molecular formula is C32H46B2N4Si4. The Hall–Kier alpha value is -2.40. The van der Waals surface area contributed by atoms with Gasteiger partial charge in [0.1, 0.15) is 32.9 Å². The minimum Gasteiger partial charge on any atom is -0.427 e. The van der Waals surface area contributed by atoms with Crippen LogP contribution in [0.15, 0.2) is 48.5 Å². The van der Waals surface area contributed by atoms with E-state index in [1.165, 1.54) is 65.8 Å². The standard InChI is InChI=1S/C32H46B2N4Si4/c1-39(2,3)35-25-17-13-21-23-15-19-27-32-28(38(42(10,11)12)34-37(27)41(7,8)9)20-16-24(30(23)32)22-14-18-26(31(25)29(21)22)36(33-35)40(4,5)6/h13-20,33-34H,1-12H3. The molecule has 0 unspecified atom stereocenters. The molecule has 0 amide bonds. The molecule has 0 radical (unpaired) electrons. The van der Waals surface area contributed by atoms with E-state index in [0.717, 1.165) is 15.1 Å². The van der Waals surface area contributed by atoms with Gasteiger partial charge in [-0.05, 0) is 45.8 Å². The van der Waals surface area contributed by atoms with Crippen LogP contribution in [-0.4, -0.2) is 48.0 Å². The number of hydrogen-bond acceptors (Lipinski definition) is 4. The van der Waals surface area contributed by atoms with Gasteiger partial charge in [-0.2, -0.15) is 0 Å². The Morgan fingerprint density at radius 3 is 0.738 bits per heavy atom. The van der Waals surface area contributed by atoms with Crippen molar-refractivity contribution in [3.8, 4) is 0 Å². The molecule has 0 fully saturated rings. The van der Waals surface area contributed by atoms with Crippen molar-refractivity contribution < 1.29 is 0 Å². The first-order chi connectivity index (χ1) is 19.4. The van der Waals surface area contributed by atoms with Crippen molar-refractivity contribution in [3.05, 3.63) is 48.5 Å². The van der Waals surface area contributed by atoms with E-state index in [-0.39, 0.29) is 0 Å². The van der Waals surface area contributed by atoms with Gasteiger partial charge in [0.2, 0.25) is 0 Å². The first-order valence-electron chi connectivity index (χ1n) is 15.7. The van der Waals surface area contributed by atoms with Crippen molar-refractivity contribution in [1.29, 1.82) is 0 Å². The predicted molar refractivity (Wildman–Crippen MR) is 205 cm³/mol. The highest BCUT2D eigenvalue weighted by Gasteiger charge is 2.41. The lowest BCUT2D eigenvalue weighted by Crippen LogP contribution is -2.62. The van der Waals surface area contributed by atoms with Crippen LogP contribution in [0.25, 0.3) is 43.1 Å². The van der Waals surface area contributed by atoms with Crippen LogP contribution in [0.3, 0.4) is 0 Å². The number of fused-ring (bicyclic) bond motifs is 2. The lowest BCUT2D eigenvalue weighted by Gasteiger charge is -2.50. The van der Waals surface area contributed by atoms with Crippen LogP contribution in [0.5, 0.6) is 0 Å². The van der Waals surface area contributed by atoms with Crippen molar-refractivity contribution in [2.24, 2.45) is 0 Å². The smallest absolute Gasteiger partial charge is 0.339 e. The summed E-state index contributed by atoms with van der Waals surface area (Å²) in [5, 5.41) is 11.6. The molecule has 2 heterocycles. The minimum absolute atomic E-state index is 1.02. The van der Waals surface area contributed by atoms with Gasteiger partial charge in [-0.3, -0.25) is 0 Å². The zero-order valence-corrected chi connectivity index (χ0v) is 31.8. The Morgan fingerprint density at radius 1 is 0.333 bits per heavy atom. The van der Waals surface area contributed by atoms with Gasteiger partial charge >= 0.3 is 15.1 Å². The van der Waals surface area contributed by atoms with Gasteiger partial charge in [-0.1, -0.05) is 103 Å². The van der Waals surface area contributed by atoms with E-state index in [1.54, 1.807) is 0 Å². The molecule has 2 aliphatic heterocycles. The van der Waals surface area contributed by atoms with Gasteiger partial charge in [-0.25, -0.2) is 0 Å². The van der Waals surface area contributed by atoms with Crippen molar-refractivity contribution in [2.75, 3.05) is 17.9 Å². The average molecular weight is 621 g/mol. The van der Waals surface area contributed by atoms with Gasteiger partial charge in [0.05, 0.1) is 0 Å². The molecule has 7 rings (SSSR count). The van der Waals surface area contributed by atoms with Crippen molar-refractivity contribution in [1.82, 2.24) is 0 Å². The predicted octanol–water partition coefficient (Wildman–Crippen LogP) is 8.86. The largest absolute Gasteiger partial charge is 0.427 e. The first kappa shape index (κ1) is 28.4. The summed E-state index contributed by atoms with van der Waals surface area (Å²) in [5.41, 5.74) is 5.79. The molecule has 2 aliphatic rings. The van der Waals surface area contributed by atoms with E-state index in [2.05, 4.69) is 145 Å². The maximum Gasteiger partial charge on any atom is 0.339 e. The maximum atomic E-state index is 2.79. The van der Waals surface area contributed by atoms with E-state index in [0.29, 0.717) is 0 Å². The van der Waals surface area contributed by atoms with Crippen LogP contribution in [0.1, 0.15) is 0 Å². The summed E-state index contributed by atoms with van der Waals surface area (Å²) in [5.74, 6) is 0. The molecule has 0 saturated carbocycles. The average Bonchev–Trinajstić information content (AvgIpc) is 2.87. The third-order valence-corrected chi connectivity index (χ3v) is 17.8. The van der Waals surface area contributed by atoms with E-state index < -0.39 is 32.9 Å². The van der Waals surface area contributed by atoms with Crippen LogP contribution in [0.4, 0.5) is 22.7 Å². The highest BCUT2D eigenvalue weighted by molar-refractivity contribution is 6.98. The summed E-state index contributed by atoms with van der Waals surface area (Å²) in [4.78, 5) is 0. The molecule has 0 bridgehead atoms. The molecule has 42 heavy (non-hydrogen) atoms. The molecule has 0 N–H and O–H groups in total. The SMILES string of the molecule is C[Si](C)(C)N1BN([Si](C)(C)C)c2ccc3c4ccc5c6c(ccc(c7ccc1c2c73)c64)N([Si](C)(C)C)BN5[Si](C)(C)C. The number of benzene rings is 5. The molecule has 0 spiro atoms. The van der Waals surface area contributed by atoms with Gasteiger partial charge < -0.3 is 17.9 Å². The molecule has 10 heteroatoms. The summed E-state index contributed by atoms with van der Waals surface area (Å²) in [6.45, 7) is 30.0. The number of anilines is 4. The lowest BCUT2D eigenvalue weighted by atomic mass is 9.85. The fraction of sp³-hybridized carbons (Fsp3) is 0.375. The normalized spacial score (nSPS) is 16.3. The summed E-state index contributed by atoms with van der Waals surface area (Å²) >= 11 is 0. The van der Waals surface area contributed by atoms with Crippen LogP contribution in [0.2, 0.25) is 78.6 Å². The van der Waals surface area contributed by atoms with E-state index in [9.17, 15) is 0 Å². The van der Waals surface area contributed by atoms with Gasteiger partial charge in [0.25, 0.3) is 0 Å². The second-order valence-corrected chi connectivity index (χ2v) is 36.2. The molecule has 5 aromatic rings. The molecule has 0 aromatic heterocycles. The summed E-state index contributed by atoms with van der Waals surface area (Å²) in [7, 11) is -4.45. The first-order valence-corrected chi connectivity index (χ1v) is 29.5. The second kappa shape index (κ2) is 8.61. The second-order valence-electron chi connectivity index (χ2n) is 16.7. The molecule has 5 aromatic carbocycles. The highest BCUT2D eigenvalue weighted by atomic mass is 28.3. The van der Waals surface area contributed by atoms with Crippen molar-refractivity contribution >= 4 is 114 Å². The van der Waals surface area contributed by atoms with Gasteiger partial charge in [0, 0.05) is 44.3 Å². The monoisotopic (exact) mass is 620 g/mol. The zero-order chi connectivity index (χ0) is 30.3. The molecule has 216 valence electrons. The van der Waals surface area contributed by atoms with Crippen molar-refractivity contribution in [3.63, 3.8) is 0 Å². The Labute approximate surface area is 257 Å². The number of hydrogen-bond donors (Lipinski definition) is 0. The number of rotatable bonds is 4. The van der Waals surface area contributed by atoms with E-state index in [1.807, 2.05) is 0 Å². The van der Waals surface area contributed by atoms with Crippen LogP contribution < -0.4 is 17.9 Å². The summed E-state index contributed by atoms with van der Waals surface area (Å²) < 4.78 is 11.1. The molecule has 0 aliphatic carbocycles. The molecule has 0 saturated heterocycles. The Kier molecular flexibility index (Phi) is 5.82. The summed E-state index contributed by atoms with van der Waals surface area (Å²) in [6, 6.07) is 19.7. The molecule has 4 nitrogen and oxygen atoms in total. The topological polar surface area (TPSA) is 13.0 Å². The number of nitrogens with zero attached hydrogens (tertiary/aromatic N) is 4. The third kappa shape index (κ3) is 3.90. The van der Waals surface area contributed by atoms with Gasteiger partial charge in [0.15, 0.2) is 0 Å². The quantitative estimate of drug-likeness (QED) is 0.113. The maximum absolute atomic E-state index is 2.79. The van der Waals surface area contributed by atoms with Crippen molar-refractivity contribution in [2.45, 2.75) is 78.6 Å². The van der Waals surface area contributed by atoms with Crippen LogP contribution in [0, 0.1) is 0 Å². The highest BCUT2D eigenvalue weighted by Crippen LogP contribution is 2.53. The fourth-order valence-electron chi connectivity index (χ4n) is 7.60. The Morgan fingerprint density at radius 2 is 0.548 bits per heavy atom. The Balaban J connectivity index is 1.65. The molecular weight excluding hydrogens is 574 g/mol. The van der Waals surface area contributed by atoms with E-state index >= 15 is 0 Å². The van der Waals surface area contributed by atoms with Gasteiger partial charge in [-0.15, -0.1) is 0 Å². The summed E-state index contributed by atoms with van der Waals surface area (Å²) in [6.07, 6.45) is 0. The van der Waals surface area contributed by atoms with Crippen LogP contribution in [-0.2, 0) is 0 Å². The zero-order valence-electron chi connectivity index (χ0n) is 27.8. The minimum atomic E-state index is -1.62. The lowest BCUT2D eigenvalue weighted by molar-refractivity contribution is 1.35.